The fraction of sp³-hybridized carbons (Fsp3) is 0.364. The molecule has 1 heterocycles. The van der Waals surface area contributed by atoms with Crippen LogP contribution in [-0.2, 0) is 4.79 Å². The number of benzene rings is 1. The van der Waals surface area contributed by atoms with Crippen molar-refractivity contribution in [2.75, 3.05) is 23.7 Å². The van der Waals surface area contributed by atoms with Crippen LogP contribution >= 0.6 is 0 Å². The second-order valence-electron chi connectivity index (χ2n) is 3.58. The van der Waals surface area contributed by atoms with Gasteiger partial charge in [0.15, 0.2) is 0 Å². The summed E-state index contributed by atoms with van der Waals surface area (Å²) in [6, 6.07) is 7.80. The Bertz CT molecular complexity index is 339. The molecule has 1 aromatic carbocycles. The molecule has 2 N–H and O–H groups in total. The molecule has 0 amide bonds. The van der Waals surface area contributed by atoms with Crippen molar-refractivity contribution in [2.24, 2.45) is 0 Å². The third-order valence-corrected chi connectivity index (χ3v) is 2.60. The highest BCUT2D eigenvalue weighted by Gasteiger charge is 2.17. The molecule has 3 nitrogen and oxygen atoms in total. The van der Waals surface area contributed by atoms with E-state index < -0.39 is 0 Å². The van der Waals surface area contributed by atoms with Crippen molar-refractivity contribution in [3.8, 4) is 0 Å². The number of carbonyl (C=O) groups is 1. The first kappa shape index (κ1) is 9.06. The molecule has 0 atom stereocenters. The summed E-state index contributed by atoms with van der Waals surface area (Å²) in [6.45, 7) is 1.60. The fourth-order valence-corrected chi connectivity index (χ4v) is 1.77. The number of anilines is 2. The zero-order valence-corrected chi connectivity index (χ0v) is 8.07. The van der Waals surface area contributed by atoms with E-state index in [0.29, 0.717) is 18.6 Å². The van der Waals surface area contributed by atoms with Crippen LogP contribution in [-0.4, -0.2) is 18.9 Å². The van der Waals surface area contributed by atoms with E-state index >= 15 is 0 Å². The molecule has 1 aromatic rings. The van der Waals surface area contributed by atoms with Crippen LogP contribution < -0.4 is 10.6 Å². The number of Topliss-reactive ketones (excluding diaryl/α,β-unsaturated/α-hetero) is 1. The lowest BCUT2D eigenvalue weighted by atomic mass is 10.1. The van der Waals surface area contributed by atoms with Crippen LogP contribution in [0.5, 0.6) is 0 Å². The number of rotatable bonds is 1. The van der Waals surface area contributed by atoms with Crippen LogP contribution in [0.4, 0.5) is 11.4 Å². The van der Waals surface area contributed by atoms with Gasteiger partial charge in [0.2, 0.25) is 0 Å². The van der Waals surface area contributed by atoms with E-state index in [1.54, 1.807) is 0 Å². The second kappa shape index (κ2) is 3.70. The number of hydrogen-bond donors (Lipinski definition) is 1. The number of carbonyl (C=O) groups excluding carboxylic acids is 1. The molecule has 0 spiro atoms. The molecule has 14 heavy (non-hydrogen) atoms. The molecule has 0 bridgehead atoms. The fourth-order valence-electron chi connectivity index (χ4n) is 1.77. The van der Waals surface area contributed by atoms with Crippen LogP contribution in [0.1, 0.15) is 12.8 Å². The third-order valence-electron chi connectivity index (χ3n) is 2.60. The Morgan fingerprint density at radius 2 is 1.79 bits per heavy atom. The molecule has 2 rings (SSSR count). The van der Waals surface area contributed by atoms with Crippen molar-refractivity contribution in [1.82, 2.24) is 0 Å². The number of para-hydroxylation sites is 2. The summed E-state index contributed by atoms with van der Waals surface area (Å²) in [6.07, 6.45) is 1.29. The molecule has 74 valence electrons. The smallest absolute Gasteiger partial charge is 0.136 e. The molecule has 0 aliphatic carbocycles. The van der Waals surface area contributed by atoms with Crippen molar-refractivity contribution < 1.29 is 4.79 Å². The predicted octanol–water partition coefficient (Wildman–Crippen LogP) is 1.44. The van der Waals surface area contributed by atoms with Gasteiger partial charge < -0.3 is 10.6 Å². The van der Waals surface area contributed by atoms with Crippen molar-refractivity contribution in [1.29, 1.82) is 0 Å². The molecule has 3 heteroatoms. The minimum atomic E-state index is 0.357. The quantitative estimate of drug-likeness (QED) is 0.681. The maximum absolute atomic E-state index is 11.1. The van der Waals surface area contributed by atoms with Crippen LogP contribution in [0.2, 0.25) is 0 Å². The molecule has 1 saturated heterocycles. The normalized spacial score (nSPS) is 17.1. The van der Waals surface area contributed by atoms with E-state index in [4.69, 9.17) is 5.73 Å². The van der Waals surface area contributed by atoms with E-state index in [0.717, 1.165) is 24.5 Å². The van der Waals surface area contributed by atoms with Gasteiger partial charge in [-0.15, -0.1) is 0 Å². The van der Waals surface area contributed by atoms with E-state index in [-0.39, 0.29) is 0 Å². The number of nitrogens with two attached hydrogens (primary N) is 1. The first-order chi connectivity index (χ1) is 6.77. The van der Waals surface area contributed by atoms with Gasteiger partial charge in [0, 0.05) is 25.9 Å². The third kappa shape index (κ3) is 1.71. The number of piperidine rings is 1. The summed E-state index contributed by atoms with van der Waals surface area (Å²) in [4.78, 5) is 13.2. The maximum atomic E-state index is 11.1. The monoisotopic (exact) mass is 190 g/mol. The highest BCUT2D eigenvalue weighted by atomic mass is 16.1. The average molecular weight is 190 g/mol. The molecule has 1 aliphatic heterocycles. The lowest BCUT2D eigenvalue weighted by Crippen LogP contribution is -2.34. The van der Waals surface area contributed by atoms with Gasteiger partial charge in [-0.2, -0.15) is 0 Å². The zero-order chi connectivity index (χ0) is 9.97. The summed E-state index contributed by atoms with van der Waals surface area (Å²) in [5, 5.41) is 0. The SMILES string of the molecule is Nc1ccccc1N1CCC(=O)CC1. The Morgan fingerprint density at radius 3 is 2.43 bits per heavy atom. The first-order valence-electron chi connectivity index (χ1n) is 4.88. The van der Waals surface area contributed by atoms with E-state index in [1.807, 2.05) is 24.3 Å². The highest BCUT2D eigenvalue weighted by molar-refractivity contribution is 5.82. The summed E-state index contributed by atoms with van der Waals surface area (Å²) in [5.74, 6) is 0.357. The first-order valence-corrected chi connectivity index (χ1v) is 4.88. The van der Waals surface area contributed by atoms with Crippen molar-refractivity contribution >= 4 is 17.2 Å². The van der Waals surface area contributed by atoms with Gasteiger partial charge in [0.05, 0.1) is 11.4 Å². The summed E-state index contributed by atoms with van der Waals surface area (Å²) >= 11 is 0. The molecular weight excluding hydrogens is 176 g/mol. The number of hydrogen-bond acceptors (Lipinski definition) is 3. The Morgan fingerprint density at radius 1 is 1.14 bits per heavy atom. The van der Waals surface area contributed by atoms with Gasteiger partial charge in [0.25, 0.3) is 0 Å². The van der Waals surface area contributed by atoms with E-state index in [2.05, 4.69) is 4.90 Å². The average Bonchev–Trinajstić information content (AvgIpc) is 2.20. The zero-order valence-electron chi connectivity index (χ0n) is 8.07. The standard InChI is InChI=1S/C11H14N2O/c12-10-3-1-2-4-11(10)13-7-5-9(14)6-8-13/h1-4H,5-8,12H2. The molecule has 0 saturated carbocycles. The molecule has 1 aliphatic rings. The molecule has 1 fully saturated rings. The van der Waals surface area contributed by atoms with Crippen LogP contribution in [0.25, 0.3) is 0 Å². The summed E-state index contributed by atoms with van der Waals surface area (Å²) in [7, 11) is 0. The number of ketones is 1. The van der Waals surface area contributed by atoms with Crippen molar-refractivity contribution in [3.05, 3.63) is 24.3 Å². The van der Waals surface area contributed by atoms with Crippen LogP contribution in [0.15, 0.2) is 24.3 Å². The van der Waals surface area contributed by atoms with Crippen molar-refractivity contribution in [3.63, 3.8) is 0 Å². The predicted molar refractivity (Wildman–Crippen MR) is 57.3 cm³/mol. The molecule has 0 aromatic heterocycles. The topological polar surface area (TPSA) is 46.3 Å². The lowest BCUT2D eigenvalue weighted by Gasteiger charge is -2.29. The largest absolute Gasteiger partial charge is 0.397 e. The van der Waals surface area contributed by atoms with E-state index in [9.17, 15) is 4.79 Å². The van der Waals surface area contributed by atoms with Gasteiger partial charge >= 0.3 is 0 Å². The van der Waals surface area contributed by atoms with Crippen LogP contribution in [0.3, 0.4) is 0 Å². The second-order valence-corrected chi connectivity index (χ2v) is 3.58. The molecule has 0 radical (unpaired) electrons. The Labute approximate surface area is 83.5 Å². The Balaban J connectivity index is 2.16. The Hall–Kier alpha value is -1.51. The number of nitrogens with zero attached hydrogens (tertiary/aromatic N) is 1. The van der Waals surface area contributed by atoms with Crippen molar-refractivity contribution in [2.45, 2.75) is 12.8 Å². The van der Waals surface area contributed by atoms with Gasteiger partial charge in [-0.05, 0) is 12.1 Å². The minimum absolute atomic E-state index is 0.357. The van der Waals surface area contributed by atoms with E-state index in [1.165, 1.54) is 0 Å². The summed E-state index contributed by atoms with van der Waals surface area (Å²) < 4.78 is 0. The lowest BCUT2D eigenvalue weighted by molar-refractivity contribution is -0.119. The Kier molecular flexibility index (Phi) is 2.39. The van der Waals surface area contributed by atoms with Gasteiger partial charge in [-0.25, -0.2) is 0 Å². The highest BCUT2D eigenvalue weighted by Crippen LogP contribution is 2.24. The maximum Gasteiger partial charge on any atom is 0.136 e. The minimum Gasteiger partial charge on any atom is -0.397 e. The van der Waals surface area contributed by atoms with Gasteiger partial charge in [-0.3, -0.25) is 4.79 Å². The number of nitrogen functional groups attached to an aromatic ring is 1. The van der Waals surface area contributed by atoms with Gasteiger partial charge in [-0.1, -0.05) is 12.1 Å². The van der Waals surface area contributed by atoms with Gasteiger partial charge in [0.1, 0.15) is 5.78 Å². The molecule has 0 unspecified atom stereocenters. The summed E-state index contributed by atoms with van der Waals surface area (Å²) in [5.41, 5.74) is 7.71. The molecular formula is C11H14N2O. The van der Waals surface area contributed by atoms with Crippen LogP contribution in [0, 0.1) is 0 Å².